The Morgan fingerprint density at radius 1 is 1.00 bits per heavy atom. The normalized spacial score (nSPS) is 25.2. The Morgan fingerprint density at radius 2 is 1.44 bits per heavy atom. The maximum absolute atomic E-state index is 14.4. The topological polar surface area (TPSA) is 44.8 Å². The molecule has 0 saturated carbocycles. The Morgan fingerprint density at radius 3 is 1.84 bits per heavy atom. The molecule has 1 aliphatic heterocycles. The minimum Gasteiger partial charge on any atom is -0.452 e. The molecule has 0 aromatic carbocycles. The Balaban J connectivity index is 3.00. The van der Waals surface area contributed by atoms with E-state index in [4.69, 9.17) is 13.6 Å². The van der Waals surface area contributed by atoms with Crippen molar-refractivity contribution in [2.24, 2.45) is 0 Å². The van der Waals surface area contributed by atoms with Crippen LogP contribution in [0, 0.1) is 0 Å². The second kappa shape index (κ2) is 6.69. The van der Waals surface area contributed by atoms with Crippen LogP contribution < -0.4 is 0 Å². The molecule has 0 aromatic heterocycles. The van der Waals surface area contributed by atoms with Crippen molar-refractivity contribution >= 4 is 22.6 Å². The van der Waals surface area contributed by atoms with Gasteiger partial charge < -0.3 is 13.6 Å². The van der Waals surface area contributed by atoms with Gasteiger partial charge in [-0.15, -0.1) is 0 Å². The molecule has 0 aromatic rings. The van der Waals surface area contributed by atoms with E-state index < -0.39 is 40.7 Å². The number of alkyl halides is 2. The highest BCUT2D eigenvalue weighted by Gasteiger charge is 2.63. The number of carbonyl (C=O) groups excluding carboxylic acids is 1. The van der Waals surface area contributed by atoms with Crippen molar-refractivity contribution in [1.29, 1.82) is 0 Å². The predicted molar refractivity (Wildman–Crippen MR) is 100 cm³/mol. The molecule has 1 rings (SSSR count). The summed E-state index contributed by atoms with van der Waals surface area (Å²) in [5, 5.41) is -0.312. The molecule has 0 bridgehead atoms. The smallest absolute Gasteiger partial charge is 0.380 e. The second-order valence-electron chi connectivity index (χ2n) is 9.94. The van der Waals surface area contributed by atoms with Crippen molar-refractivity contribution < 1.29 is 27.2 Å². The van der Waals surface area contributed by atoms with Crippen LogP contribution >= 0.6 is 0 Å². The van der Waals surface area contributed by atoms with Gasteiger partial charge >= 0.3 is 11.9 Å². The van der Waals surface area contributed by atoms with E-state index in [1.807, 2.05) is 47.0 Å². The zero-order valence-corrected chi connectivity index (χ0v) is 19.3. The lowest BCUT2D eigenvalue weighted by molar-refractivity contribution is -0.162. The Labute approximate surface area is 152 Å². The average Bonchev–Trinajstić information content (AvgIpc) is 2.57. The second-order valence-corrected chi connectivity index (χ2v) is 19.5. The third-order valence-electron chi connectivity index (χ3n) is 5.87. The van der Waals surface area contributed by atoms with Gasteiger partial charge in [0.25, 0.3) is 0 Å². The van der Waals surface area contributed by atoms with Crippen LogP contribution in [0.4, 0.5) is 8.78 Å². The molecule has 0 amide bonds. The molecule has 25 heavy (non-hydrogen) atoms. The number of carbonyl (C=O) groups is 1. The number of halogens is 2. The Kier molecular flexibility index (Phi) is 6.08. The molecule has 1 heterocycles. The summed E-state index contributed by atoms with van der Waals surface area (Å²) in [6, 6.07) is 0. The highest BCUT2D eigenvalue weighted by molar-refractivity contribution is 6.74. The maximum atomic E-state index is 14.4. The lowest BCUT2D eigenvalue weighted by atomic mass is 10.1. The first-order valence-electron chi connectivity index (χ1n) is 8.73. The minimum absolute atomic E-state index is 0.0584. The van der Waals surface area contributed by atoms with Crippen molar-refractivity contribution in [2.75, 3.05) is 6.61 Å². The summed E-state index contributed by atoms with van der Waals surface area (Å²) in [6.45, 7) is 19.9. The van der Waals surface area contributed by atoms with E-state index >= 15 is 0 Å². The average molecular weight is 397 g/mol. The van der Waals surface area contributed by atoms with Crippen molar-refractivity contribution in [3.05, 3.63) is 0 Å². The molecule has 148 valence electrons. The van der Waals surface area contributed by atoms with Crippen LogP contribution in [0.1, 0.15) is 41.5 Å². The lowest BCUT2D eigenvalue weighted by Crippen LogP contribution is -2.53. The van der Waals surface area contributed by atoms with Gasteiger partial charge in [0.05, 0.1) is 6.61 Å². The minimum atomic E-state index is -3.64. The van der Waals surface area contributed by atoms with Crippen molar-refractivity contribution in [1.82, 2.24) is 0 Å². The molecule has 1 aliphatic rings. The van der Waals surface area contributed by atoms with Crippen molar-refractivity contribution in [3.8, 4) is 0 Å². The molecule has 0 aliphatic carbocycles. The van der Waals surface area contributed by atoms with Crippen LogP contribution in [0.15, 0.2) is 0 Å². The third kappa shape index (κ3) is 4.70. The summed E-state index contributed by atoms with van der Waals surface area (Å²) in [5.41, 5.74) is 0. The molecule has 0 N–H and O–H groups in total. The fourth-order valence-electron chi connectivity index (χ4n) is 1.90. The first-order chi connectivity index (χ1) is 10.8. The van der Waals surface area contributed by atoms with E-state index in [0.29, 0.717) is 0 Å². The summed E-state index contributed by atoms with van der Waals surface area (Å²) in [4.78, 5) is 11.7. The van der Waals surface area contributed by atoms with Crippen LogP contribution in [0.3, 0.4) is 0 Å². The van der Waals surface area contributed by atoms with Gasteiger partial charge in [-0.2, -0.15) is 8.78 Å². The van der Waals surface area contributed by atoms with Crippen LogP contribution in [0.5, 0.6) is 0 Å². The molecule has 2 atom stereocenters. The lowest BCUT2D eigenvalue weighted by Gasteiger charge is -2.40. The predicted octanol–water partition coefficient (Wildman–Crippen LogP) is 4.96. The monoisotopic (exact) mass is 396 g/mol. The summed E-state index contributed by atoms with van der Waals surface area (Å²) >= 11 is 0. The number of ether oxygens (including phenoxy) is 1. The summed E-state index contributed by atoms with van der Waals surface area (Å²) < 4.78 is 45.7. The highest BCUT2D eigenvalue weighted by atomic mass is 28.4. The Hall–Kier alpha value is -0.316. The number of cyclic esters (lactones) is 1. The number of esters is 1. The maximum Gasteiger partial charge on any atom is 0.380 e. The summed E-state index contributed by atoms with van der Waals surface area (Å²) in [6.07, 6.45) is -2.67. The summed E-state index contributed by atoms with van der Waals surface area (Å²) in [7, 11) is -4.64. The van der Waals surface area contributed by atoms with Crippen LogP contribution in [-0.2, 0) is 18.4 Å². The van der Waals surface area contributed by atoms with Gasteiger partial charge in [0.15, 0.2) is 28.8 Å². The SMILES string of the molecule is CC(C)(C)[Si](C)(C)OC[C@@H]1OC(=O)C(F)(F)[C@H]1O[Si](C)(C)C(C)(C)C. The van der Waals surface area contributed by atoms with Gasteiger partial charge in [0.1, 0.15) is 0 Å². The zero-order valence-electron chi connectivity index (χ0n) is 17.3. The van der Waals surface area contributed by atoms with Crippen LogP contribution in [0.2, 0.25) is 36.3 Å². The number of rotatable bonds is 5. The van der Waals surface area contributed by atoms with E-state index in [1.165, 1.54) is 0 Å². The van der Waals surface area contributed by atoms with Gasteiger partial charge in [-0.3, -0.25) is 0 Å². The Bertz CT molecular complexity index is 508. The summed E-state index contributed by atoms with van der Waals surface area (Å²) in [5.74, 6) is -5.16. The van der Waals surface area contributed by atoms with Gasteiger partial charge in [-0.1, -0.05) is 41.5 Å². The van der Waals surface area contributed by atoms with E-state index in [0.717, 1.165) is 0 Å². The highest BCUT2D eigenvalue weighted by Crippen LogP contribution is 2.43. The fraction of sp³-hybridized carbons (Fsp3) is 0.941. The fourth-order valence-corrected chi connectivity index (χ4v) is 4.20. The largest absolute Gasteiger partial charge is 0.452 e. The first-order valence-corrected chi connectivity index (χ1v) is 14.6. The van der Waals surface area contributed by atoms with Gasteiger partial charge in [-0.25, -0.2) is 4.79 Å². The van der Waals surface area contributed by atoms with Gasteiger partial charge in [0, 0.05) is 0 Å². The standard InChI is InChI=1S/C17H34F2O4Si2/c1-15(2,3)24(7,8)21-11-12-13(17(18,19)14(20)22-12)23-25(9,10)16(4,5)6/h12-13H,11H2,1-10H3/t12-,13-/m0/s1. The molecular weight excluding hydrogens is 362 g/mol. The van der Waals surface area contributed by atoms with E-state index in [1.54, 1.807) is 0 Å². The van der Waals surface area contributed by atoms with E-state index in [9.17, 15) is 13.6 Å². The molecule has 4 nitrogen and oxygen atoms in total. The molecule has 0 unspecified atom stereocenters. The quantitative estimate of drug-likeness (QED) is 0.487. The van der Waals surface area contributed by atoms with Crippen molar-refractivity contribution in [2.45, 2.75) is 95.9 Å². The molecular formula is C17H34F2O4Si2. The molecule has 1 fully saturated rings. The number of hydrogen-bond acceptors (Lipinski definition) is 4. The van der Waals surface area contributed by atoms with Crippen LogP contribution in [0.25, 0.3) is 0 Å². The zero-order chi connectivity index (χ0) is 20.1. The molecule has 1 saturated heterocycles. The molecule has 0 radical (unpaired) electrons. The first kappa shape index (κ1) is 22.7. The molecule has 8 heteroatoms. The van der Waals surface area contributed by atoms with E-state index in [2.05, 4.69) is 20.8 Å². The molecule has 0 spiro atoms. The van der Waals surface area contributed by atoms with Gasteiger partial charge in [-0.05, 0) is 36.3 Å². The van der Waals surface area contributed by atoms with E-state index in [-0.39, 0.29) is 16.7 Å². The van der Waals surface area contributed by atoms with Crippen LogP contribution in [-0.4, -0.2) is 47.3 Å². The van der Waals surface area contributed by atoms with Crippen molar-refractivity contribution in [3.63, 3.8) is 0 Å². The van der Waals surface area contributed by atoms with Gasteiger partial charge in [0.2, 0.25) is 0 Å². The third-order valence-corrected chi connectivity index (χ3v) is 14.8. The number of hydrogen-bond donors (Lipinski definition) is 0.